The maximum Gasteiger partial charge on any atom is 0.408 e. The van der Waals surface area contributed by atoms with Gasteiger partial charge in [0.15, 0.2) is 0 Å². The van der Waals surface area contributed by atoms with Crippen LogP contribution in [0.3, 0.4) is 0 Å². The molecule has 150 valence electrons. The van der Waals surface area contributed by atoms with Gasteiger partial charge in [0.1, 0.15) is 12.1 Å². The lowest BCUT2D eigenvalue weighted by molar-refractivity contribution is -0.144. The van der Waals surface area contributed by atoms with Crippen molar-refractivity contribution in [3.63, 3.8) is 0 Å². The van der Waals surface area contributed by atoms with E-state index in [2.05, 4.69) is 15.3 Å². The van der Waals surface area contributed by atoms with Crippen LogP contribution in [-0.4, -0.2) is 35.9 Å². The van der Waals surface area contributed by atoms with Crippen LogP contribution in [0, 0.1) is 0 Å². The van der Waals surface area contributed by atoms with Gasteiger partial charge in [-0.2, -0.15) is 0 Å². The number of hydrogen-bond donors (Lipinski definition) is 2. The van der Waals surface area contributed by atoms with Gasteiger partial charge in [0.25, 0.3) is 0 Å². The third-order valence-electron chi connectivity index (χ3n) is 5.19. The number of aliphatic carboxylic acids is 1. The molecule has 29 heavy (non-hydrogen) atoms. The fourth-order valence-electron chi connectivity index (χ4n) is 3.63. The SMILES string of the molecule is C[C@](CCCN=[N+]=[N-])(NC(=O)OCC1c2ccccc2-c2ccccc21)C(=O)O. The Bertz CT molecular complexity index is 925. The topological polar surface area (TPSA) is 124 Å². The van der Waals surface area contributed by atoms with Crippen LogP contribution in [0.2, 0.25) is 0 Å². The number of carbonyl (C=O) groups is 2. The van der Waals surface area contributed by atoms with Gasteiger partial charge in [-0.3, -0.25) is 0 Å². The number of nitrogens with zero attached hydrogens (tertiary/aromatic N) is 3. The molecule has 1 atom stereocenters. The van der Waals surface area contributed by atoms with E-state index in [1.807, 2.05) is 48.5 Å². The predicted molar refractivity (Wildman–Crippen MR) is 107 cm³/mol. The molecule has 0 unspecified atom stereocenters. The molecule has 0 saturated heterocycles. The molecule has 1 aliphatic rings. The Morgan fingerprint density at radius 1 is 1.17 bits per heavy atom. The van der Waals surface area contributed by atoms with Crippen molar-refractivity contribution >= 4 is 12.1 Å². The first-order valence-electron chi connectivity index (χ1n) is 9.33. The molecule has 2 aromatic carbocycles. The van der Waals surface area contributed by atoms with Crippen molar-refractivity contribution in [3.05, 3.63) is 70.1 Å². The Kier molecular flexibility index (Phi) is 6.04. The van der Waals surface area contributed by atoms with E-state index >= 15 is 0 Å². The fourth-order valence-corrected chi connectivity index (χ4v) is 3.63. The van der Waals surface area contributed by atoms with Crippen molar-refractivity contribution in [1.29, 1.82) is 0 Å². The average Bonchev–Trinajstić information content (AvgIpc) is 3.03. The molecule has 0 radical (unpaired) electrons. The van der Waals surface area contributed by atoms with Gasteiger partial charge in [0.05, 0.1) is 0 Å². The van der Waals surface area contributed by atoms with Crippen LogP contribution >= 0.6 is 0 Å². The molecule has 0 saturated carbocycles. The summed E-state index contributed by atoms with van der Waals surface area (Å²) in [7, 11) is 0. The molecular formula is C21H22N4O4. The molecule has 0 bridgehead atoms. The van der Waals surface area contributed by atoms with E-state index < -0.39 is 17.6 Å². The van der Waals surface area contributed by atoms with Gasteiger partial charge in [0, 0.05) is 17.4 Å². The maximum absolute atomic E-state index is 12.4. The van der Waals surface area contributed by atoms with Gasteiger partial charge in [0.2, 0.25) is 0 Å². The lowest BCUT2D eigenvalue weighted by atomic mass is 9.96. The van der Waals surface area contributed by atoms with Crippen molar-refractivity contribution in [2.45, 2.75) is 31.2 Å². The van der Waals surface area contributed by atoms with Gasteiger partial charge in [-0.15, -0.1) is 0 Å². The minimum Gasteiger partial charge on any atom is -0.480 e. The summed E-state index contributed by atoms with van der Waals surface area (Å²) < 4.78 is 5.42. The zero-order valence-electron chi connectivity index (χ0n) is 16.0. The molecule has 0 heterocycles. The summed E-state index contributed by atoms with van der Waals surface area (Å²) in [4.78, 5) is 26.6. The first-order chi connectivity index (χ1) is 14.0. The van der Waals surface area contributed by atoms with E-state index in [0.717, 1.165) is 22.3 Å². The molecule has 2 aromatic rings. The molecule has 0 spiro atoms. The molecule has 0 aromatic heterocycles. The summed E-state index contributed by atoms with van der Waals surface area (Å²) >= 11 is 0. The summed E-state index contributed by atoms with van der Waals surface area (Å²) in [6, 6.07) is 15.9. The normalized spacial score (nSPS) is 14.1. The van der Waals surface area contributed by atoms with Crippen LogP contribution in [0.25, 0.3) is 21.6 Å². The lowest BCUT2D eigenvalue weighted by Gasteiger charge is -2.26. The second-order valence-electron chi connectivity index (χ2n) is 7.15. The van der Waals surface area contributed by atoms with Crippen molar-refractivity contribution in [2.75, 3.05) is 13.2 Å². The van der Waals surface area contributed by atoms with Crippen molar-refractivity contribution < 1.29 is 19.4 Å². The number of amides is 1. The Balaban J connectivity index is 1.67. The predicted octanol–water partition coefficient (Wildman–Crippen LogP) is 4.46. The van der Waals surface area contributed by atoms with Gasteiger partial charge in [-0.05, 0) is 47.6 Å². The highest BCUT2D eigenvalue weighted by molar-refractivity contribution is 5.84. The standard InChI is InChI=1S/C21H22N4O4/c1-21(19(26)27,11-6-12-23-25-22)24-20(28)29-13-18-16-9-4-2-7-14(16)15-8-3-5-10-17(15)18/h2-5,7-10,18H,6,11-13H2,1H3,(H,24,28)(H,26,27)/t21-/m1/s1. The number of fused-ring (bicyclic) bond motifs is 3. The second-order valence-corrected chi connectivity index (χ2v) is 7.15. The van der Waals surface area contributed by atoms with Crippen molar-refractivity contribution in [1.82, 2.24) is 5.32 Å². The van der Waals surface area contributed by atoms with E-state index in [9.17, 15) is 14.7 Å². The molecule has 1 aliphatic carbocycles. The van der Waals surface area contributed by atoms with E-state index in [1.165, 1.54) is 6.92 Å². The molecule has 8 nitrogen and oxygen atoms in total. The Hall–Kier alpha value is -3.51. The van der Waals surface area contributed by atoms with Crippen LogP contribution in [0.1, 0.15) is 36.8 Å². The fraction of sp³-hybridized carbons (Fsp3) is 0.333. The van der Waals surface area contributed by atoms with Crippen molar-refractivity contribution in [3.8, 4) is 11.1 Å². The molecule has 2 N–H and O–H groups in total. The maximum atomic E-state index is 12.4. The third kappa shape index (κ3) is 4.33. The molecule has 0 aliphatic heterocycles. The minimum atomic E-state index is -1.51. The first kappa shape index (κ1) is 20.2. The van der Waals surface area contributed by atoms with Crippen LogP contribution in [0.4, 0.5) is 4.79 Å². The number of alkyl carbamates (subject to hydrolysis) is 1. The van der Waals surface area contributed by atoms with Gasteiger partial charge >= 0.3 is 12.1 Å². The highest BCUT2D eigenvalue weighted by atomic mass is 16.5. The van der Waals surface area contributed by atoms with Crippen LogP contribution < -0.4 is 5.32 Å². The van der Waals surface area contributed by atoms with Crippen LogP contribution in [0.5, 0.6) is 0 Å². The number of carboxylic acid groups (broad SMARTS) is 1. The minimum absolute atomic E-state index is 0.103. The Labute approximate surface area is 168 Å². The van der Waals surface area contributed by atoms with Gasteiger partial charge in [-0.25, -0.2) is 9.59 Å². The largest absolute Gasteiger partial charge is 0.480 e. The summed E-state index contributed by atoms with van der Waals surface area (Å²) in [6.45, 7) is 1.67. The number of rotatable bonds is 8. The molecule has 8 heteroatoms. The summed E-state index contributed by atoms with van der Waals surface area (Å²) in [5.41, 5.74) is 11.2. The first-order valence-corrected chi connectivity index (χ1v) is 9.33. The number of benzene rings is 2. The molecular weight excluding hydrogens is 372 g/mol. The number of azide groups is 1. The molecule has 1 amide bonds. The quantitative estimate of drug-likeness (QED) is 0.297. The van der Waals surface area contributed by atoms with Crippen molar-refractivity contribution in [2.24, 2.45) is 5.11 Å². The smallest absolute Gasteiger partial charge is 0.408 e. The second kappa shape index (κ2) is 8.67. The summed E-state index contributed by atoms with van der Waals surface area (Å²) in [5, 5.41) is 15.3. The van der Waals surface area contributed by atoms with Gasteiger partial charge in [-0.1, -0.05) is 53.6 Å². The average molecular weight is 394 g/mol. The molecule has 3 rings (SSSR count). The Morgan fingerprint density at radius 3 is 2.31 bits per heavy atom. The van der Waals surface area contributed by atoms with E-state index in [-0.39, 0.29) is 25.5 Å². The van der Waals surface area contributed by atoms with Crippen LogP contribution in [0.15, 0.2) is 53.6 Å². The molecule has 0 fully saturated rings. The number of ether oxygens (including phenoxy) is 1. The van der Waals surface area contributed by atoms with Crippen LogP contribution in [-0.2, 0) is 9.53 Å². The highest BCUT2D eigenvalue weighted by Gasteiger charge is 2.35. The van der Waals surface area contributed by atoms with E-state index in [0.29, 0.717) is 6.42 Å². The number of nitrogens with one attached hydrogen (secondary N) is 1. The van der Waals surface area contributed by atoms with E-state index in [1.54, 1.807) is 0 Å². The monoisotopic (exact) mass is 394 g/mol. The highest BCUT2D eigenvalue weighted by Crippen LogP contribution is 2.44. The summed E-state index contributed by atoms with van der Waals surface area (Å²) in [5.74, 6) is -1.28. The van der Waals surface area contributed by atoms with E-state index in [4.69, 9.17) is 10.3 Å². The van der Waals surface area contributed by atoms with Gasteiger partial charge < -0.3 is 15.2 Å². The lowest BCUT2D eigenvalue weighted by Crippen LogP contribution is -2.52. The Morgan fingerprint density at radius 2 is 1.76 bits per heavy atom. The number of carbonyl (C=O) groups excluding carboxylic acids is 1. The summed E-state index contributed by atoms with van der Waals surface area (Å²) in [6.07, 6.45) is -0.345. The number of carboxylic acids is 1. The zero-order chi connectivity index (χ0) is 20.9. The zero-order valence-corrected chi connectivity index (χ0v) is 16.0. The third-order valence-corrected chi connectivity index (χ3v) is 5.19. The number of hydrogen-bond acceptors (Lipinski definition) is 4.